The Hall–Kier alpha value is -0.610. The summed E-state index contributed by atoms with van der Waals surface area (Å²) >= 11 is 0. The van der Waals surface area contributed by atoms with E-state index in [9.17, 15) is 4.79 Å². The van der Waals surface area contributed by atoms with Gasteiger partial charge in [0.05, 0.1) is 12.1 Å². The number of likely N-dealkylation sites (tertiary alicyclic amines) is 1. The number of nitrogens with zero attached hydrogens (tertiary/aromatic N) is 1. The molecule has 0 aromatic rings. The Kier molecular flexibility index (Phi) is 5.45. The number of carbonyl (C=O) groups excluding carboxylic acids is 1. The molecule has 2 heterocycles. The highest BCUT2D eigenvalue weighted by atomic mass is 16.5. The predicted octanol–water partition coefficient (Wildman–Crippen LogP) is 1.55. The number of carbonyl (C=O) groups is 1. The molecule has 1 amide bonds. The molecule has 0 spiro atoms. The van der Waals surface area contributed by atoms with Crippen LogP contribution in [0.5, 0.6) is 0 Å². The van der Waals surface area contributed by atoms with Crippen molar-refractivity contribution in [2.45, 2.75) is 57.6 Å². The SMILES string of the molecule is CC(NCCC1CCCCO1)C(=O)N1CCCC1. The van der Waals surface area contributed by atoms with Crippen molar-refractivity contribution in [1.82, 2.24) is 10.2 Å². The van der Waals surface area contributed by atoms with Gasteiger partial charge in [-0.15, -0.1) is 0 Å². The lowest BCUT2D eigenvalue weighted by Gasteiger charge is -2.24. The molecule has 4 nitrogen and oxygen atoms in total. The lowest BCUT2D eigenvalue weighted by atomic mass is 10.1. The number of rotatable bonds is 5. The van der Waals surface area contributed by atoms with Gasteiger partial charge in [-0.25, -0.2) is 0 Å². The average Bonchev–Trinajstić information content (AvgIpc) is 2.93. The Morgan fingerprint density at radius 3 is 2.78 bits per heavy atom. The van der Waals surface area contributed by atoms with E-state index in [1.807, 2.05) is 11.8 Å². The fourth-order valence-electron chi connectivity index (χ4n) is 2.79. The smallest absolute Gasteiger partial charge is 0.239 e. The van der Waals surface area contributed by atoms with E-state index in [0.717, 1.165) is 45.5 Å². The topological polar surface area (TPSA) is 41.6 Å². The van der Waals surface area contributed by atoms with Gasteiger partial charge in [0.25, 0.3) is 0 Å². The quantitative estimate of drug-likeness (QED) is 0.809. The van der Waals surface area contributed by atoms with Crippen LogP contribution in [0, 0.1) is 0 Å². The van der Waals surface area contributed by atoms with Crippen LogP contribution >= 0.6 is 0 Å². The Morgan fingerprint density at radius 1 is 1.33 bits per heavy atom. The molecular weight excluding hydrogens is 228 g/mol. The normalized spacial score (nSPS) is 26.3. The summed E-state index contributed by atoms with van der Waals surface area (Å²) in [7, 11) is 0. The summed E-state index contributed by atoms with van der Waals surface area (Å²) in [5, 5.41) is 3.34. The average molecular weight is 254 g/mol. The Morgan fingerprint density at radius 2 is 2.11 bits per heavy atom. The zero-order valence-electron chi connectivity index (χ0n) is 11.5. The molecular formula is C14H26N2O2. The zero-order valence-corrected chi connectivity index (χ0v) is 11.5. The molecule has 2 atom stereocenters. The fraction of sp³-hybridized carbons (Fsp3) is 0.929. The summed E-state index contributed by atoms with van der Waals surface area (Å²) in [6.07, 6.45) is 7.41. The van der Waals surface area contributed by atoms with Crippen molar-refractivity contribution < 1.29 is 9.53 Å². The second-order valence-corrected chi connectivity index (χ2v) is 5.49. The van der Waals surface area contributed by atoms with Crippen molar-refractivity contribution in [3.63, 3.8) is 0 Å². The van der Waals surface area contributed by atoms with Gasteiger partial charge in [-0.2, -0.15) is 0 Å². The first kappa shape index (κ1) is 13.8. The van der Waals surface area contributed by atoms with E-state index in [-0.39, 0.29) is 11.9 Å². The van der Waals surface area contributed by atoms with E-state index in [1.54, 1.807) is 0 Å². The maximum atomic E-state index is 12.1. The maximum Gasteiger partial charge on any atom is 0.239 e. The molecule has 0 bridgehead atoms. The monoisotopic (exact) mass is 254 g/mol. The lowest BCUT2D eigenvalue weighted by molar-refractivity contribution is -0.132. The standard InChI is InChI=1S/C14H26N2O2/c1-12(14(17)16-9-3-4-10-16)15-8-7-13-6-2-5-11-18-13/h12-13,15H,2-11H2,1H3. The molecule has 0 aromatic carbocycles. The van der Waals surface area contributed by atoms with E-state index in [4.69, 9.17) is 4.74 Å². The molecule has 0 radical (unpaired) electrons. The molecule has 1 N–H and O–H groups in total. The van der Waals surface area contributed by atoms with Gasteiger partial charge in [-0.3, -0.25) is 4.79 Å². The van der Waals surface area contributed by atoms with Crippen LogP contribution in [0.3, 0.4) is 0 Å². The minimum atomic E-state index is -0.0494. The van der Waals surface area contributed by atoms with Crippen LogP contribution in [0.25, 0.3) is 0 Å². The van der Waals surface area contributed by atoms with E-state index >= 15 is 0 Å². The number of hydrogen-bond donors (Lipinski definition) is 1. The van der Waals surface area contributed by atoms with Crippen molar-refractivity contribution in [1.29, 1.82) is 0 Å². The highest BCUT2D eigenvalue weighted by Crippen LogP contribution is 2.15. The van der Waals surface area contributed by atoms with E-state index in [0.29, 0.717) is 6.10 Å². The first-order valence-corrected chi connectivity index (χ1v) is 7.41. The largest absolute Gasteiger partial charge is 0.378 e. The molecule has 104 valence electrons. The molecule has 0 aliphatic carbocycles. The molecule has 0 aromatic heterocycles. The minimum Gasteiger partial charge on any atom is -0.378 e. The molecule has 2 aliphatic heterocycles. The van der Waals surface area contributed by atoms with Gasteiger partial charge in [-0.1, -0.05) is 0 Å². The van der Waals surface area contributed by atoms with Gasteiger partial charge >= 0.3 is 0 Å². The van der Waals surface area contributed by atoms with E-state index < -0.39 is 0 Å². The minimum absolute atomic E-state index is 0.0494. The summed E-state index contributed by atoms with van der Waals surface area (Å²) in [5.74, 6) is 0.261. The van der Waals surface area contributed by atoms with Crippen molar-refractivity contribution in [3.05, 3.63) is 0 Å². The summed E-state index contributed by atoms with van der Waals surface area (Å²) in [6, 6.07) is -0.0494. The molecule has 4 heteroatoms. The molecule has 2 fully saturated rings. The highest BCUT2D eigenvalue weighted by Gasteiger charge is 2.23. The van der Waals surface area contributed by atoms with Crippen molar-refractivity contribution in [2.75, 3.05) is 26.2 Å². The van der Waals surface area contributed by atoms with Gasteiger partial charge in [0.2, 0.25) is 5.91 Å². The molecule has 2 unspecified atom stereocenters. The maximum absolute atomic E-state index is 12.1. The third-order valence-corrected chi connectivity index (χ3v) is 3.98. The van der Waals surface area contributed by atoms with Crippen molar-refractivity contribution in [2.24, 2.45) is 0 Å². The molecule has 2 rings (SSSR count). The van der Waals surface area contributed by atoms with Gasteiger partial charge in [-0.05, 0) is 52.0 Å². The predicted molar refractivity (Wildman–Crippen MR) is 71.5 cm³/mol. The van der Waals surface area contributed by atoms with Crippen molar-refractivity contribution >= 4 is 5.91 Å². The van der Waals surface area contributed by atoms with Crippen LogP contribution in [-0.4, -0.2) is 49.2 Å². The number of nitrogens with one attached hydrogen (secondary N) is 1. The Bertz CT molecular complexity index is 259. The first-order valence-electron chi connectivity index (χ1n) is 7.41. The Balaban J connectivity index is 1.61. The second kappa shape index (κ2) is 7.10. The lowest BCUT2D eigenvalue weighted by Crippen LogP contribution is -2.44. The fourth-order valence-corrected chi connectivity index (χ4v) is 2.79. The van der Waals surface area contributed by atoms with E-state index in [2.05, 4.69) is 5.32 Å². The molecule has 2 saturated heterocycles. The van der Waals surface area contributed by atoms with Crippen molar-refractivity contribution in [3.8, 4) is 0 Å². The zero-order chi connectivity index (χ0) is 12.8. The van der Waals surface area contributed by atoms with Crippen LogP contribution in [0.1, 0.15) is 45.4 Å². The summed E-state index contributed by atoms with van der Waals surface area (Å²) in [4.78, 5) is 14.0. The van der Waals surface area contributed by atoms with Crippen LogP contribution < -0.4 is 5.32 Å². The Labute approximate surface area is 110 Å². The summed E-state index contributed by atoms with van der Waals surface area (Å²) in [6.45, 7) is 5.65. The van der Waals surface area contributed by atoms with E-state index in [1.165, 1.54) is 19.3 Å². The van der Waals surface area contributed by atoms with Crippen LogP contribution in [0.15, 0.2) is 0 Å². The highest BCUT2D eigenvalue weighted by molar-refractivity contribution is 5.81. The number of hydrogen-bond acceptors (Lipinski definition) is 3. The second-order valence-electron chi connectivity index (χ2n) is 5.49. The van der Waals surface area contributed by atoms with Crippen LogP contribution in [-0.2, 0) is 9.53 Å². The van der Waals surface area contributed by atoms with Gasteiger partial charge in [0.15, 0.2) is 0 Å². The summed E-state index contributed by atoms with van der Waals surface area (Å²) < 4.78 is 5.68. The van der Waals surface area contributed by atoms with Crippen LogP contribution in [0.4, 0.5) is 0 Å². The third-order valence-electron chi connectivity index (χ3n) is 3.98. The third kappa shape index (κ3) is 3.95. The van der Waals surface area contributed by atoms with Gasteiger partial charge in [0, 0.05) is 19.7 Å². The number of ether oxygens (including phenoxy) is 1. The first-order chi connectivity index (χ1) is 8.77. The van der Waals surface area contributed by atoms with Gasteiger partial charge in [0.1, 0.15) is 0 Å². The molecule has 0 saturated carbocycles. The number of amides is 1. The summed E-state index contributed by atoms with van der Waals surface area (Å²) in [5.41, 5.74) is 0. The van der Waals surface area contributed by atoms with Crippen LogP contribution in [0.2, 0.25) is 0 Å². The molecule has 18 heavy (non-hydrogen) atoms. The molecule has 2 aliphatic rings. The van der Waals surface area contributed by atoms with Gasteiger partial charge < -0.3 is 15.0 Å².